The summed E-state index contributed by atoms with van der Waals surface area (Å²) in [5.74, 6) is -0.389. The number of rotatable bonds is 6. The first-order valence-corrected chi connectivity index (χ1v) is 7.51. The van der Waals surface area contributed by atoms with E-state index in [4.69, 9.17) is 5.11 Å². The summed E-state index contributed by atoms with van der Waals surface area (Å²) in [6.45, 7) is 0.552. The molecule has 6 heteroatoms. The Morgan fingerprint density at radius 3 is 2.89 bits per heavy atom. The molecule has 1 rings (SSSR count). The van der Waals surface area contributed by atoms with Gasteiger partial charge in [-0.2, -0.15) is 11.8 Å². The maximum atomic E-state index is 11.6. The molecule has 0 unspecified atom stereocenters. The molecule has 0 aliphatic heterocycles. The van der Waals surface area contributed by atoms with E-state index in [0.717, 1.165) is 16.5 Å². The van der Waals surface area contributed by atoms with Gasteiger partial charge in [-0.15, -0.1) is 11.3 Å². The van der Waals surface area contributed by atoms with Gasteiger partial charge >= 0.3 is 5.97 Å². The van der Waals surface area contributed by atoms with Crippen molar-refractivity contribution in [1.82, 2.24) is 4.90 Å². The fraction of sp³-hybridized carbons (Fsp3) is 0.333. The van der Waals surface area contributed by atoms with Gasteiger partial charge in [0.05, 0.1) is 5.75 Å². The zero-order valence-corrected chi connectivity index (χ0v) is 11.9. The molecule has 1 amide bonds. The molecule has 4 nitrogen and oxygen atoms in total. The second-order valence-electron chi connectivity index (χ2n) is 3.71. The number of carboxylic acids is 1. The summed E-state index contributed by atoms with van der Waals surface area (Å²) in [7, 11) is 1.77. The van der Waals surface area contributed by atoms with E-state index < -0.39 is 5.97 Å². The molecule has 1 aromatic heterocycles. The highest BCUT2D eigenvalue weighted by Crippen LogP contribution is 2.17. The lowest BCUT2D eigenvalue weighted by Crippen LogP contribution is -2.27. The van der Waals surface area contributed by atoms with Gasteiger partial charge in [-0.3, -0.25) is 4.79 Å². The zero-order chi connectivity index (χ0) is 13.5. The summed E-state index contributed by atoms with van der Waals surface area (Å²) < 4.78 is 0. The van der Waals surface area contributed by atoms with Gasteiger partial charge in [-0.05, 0) is 29.3 Å². The van der Waals surface area contributed by atoms with E-state index >= 15 is 0 Å². The number of hydrogen-bond donors (Lipinski definition) is 1. The van der Waals surface area contributed by atoms with Gasteiger partial charge in [0.25, 0.3) is 0 Å². The Bertz CT molecular complexity index is 454. The SMILES string of the molecule is CSCC(=O)N(C)Cc1csc(/C=C/C(=O)O)c1. The van der Waals surface area contributed by atoms with Crippen LogP contribution in [0.4, 0.5) is 0 Å². The zero-order valence-electron chi connectivity index (χ0n) is 10.3. The molecule has 0 aliphatic carbocycles. The number of amides is 1. The third kappa shape index (κ3) is 4.93. The molecule has 0 aromatic carbocycles. The predicted molar refractivity (Wildman–Crippen MR) is 75.8 cm³/mol. The molecule has 0 radical (unpaired) electrons. The highest BCUT2D eigenvalue weighted by molar-refractivity contribution is 7.99. The lowest BCUT2D eigenvalue weighted by molar-refractivity contribution is -0.131. The van der Waals surface area contributed by atoms with Crippen LogP contribution in [0.2, 0.25) is 0 Å². The Labute approximate surface area is 114 Å². The second kappa shape index (κ2) is 7.23. The van der Waals surface area contributed by atoms with Crippen LogP contribution >= 0.6 is 23.1 Å². The van der Waals surface area contributed by atoms with Crippen molar-refractivity contribution in [2.45, 2.75) is 6.54 Å². The molecule has 0 spiro atoms. The van der Waals surface area contributed by atoms with Gasteiger partial charge < -0.3 is 10.0 Å². The number of hydrogen-bond acceptors (Lipinski definition) is 4. The van der Waals surface area contributed by atoms with Crippen LogP contribution in [0.5, 0.6) is 0 Å². The smallest absolute Gasteiger partial charge is 0.328 e. The van der Waals surface area contributed by atoms with Gasteiger partial charge in [-0.25, -0.2) is 4.79 Å². The standard InChI is InChI=1S/C12H15NO3S2/c1-13(11(14)8-17-2)6-9-5-10(18-7-9)3-4-12(15)16/h3-5,7H,6,8H2,1-2H3,(H,15,16)/b4-3+. The minimum atomic E-state index is -0.961. The molecule has 0 aliphatic rings. The van der Waals surface area contributed by atoms with E-state index in [2.05, 4.69) is 0 Å². The van der Waals surface area contributed by atoms with Crippen LogP contribution < -0.4 is 0 Å². The number of thiophene rings is 1. The molecule has 0 atom stereocenters. The summed E-state index contributed by atoms with van der Waals surface area (Å²) in [6, 6.07) is 1.90. The Kier molecular flexibility index (Phi) is 5.94. The maximum absolute atomic E-state index is 11.6. The van der Waals surface area contributed by atoms with Gasteiger partial charge in [0.1, 0.15) is 0 Å². The van der Waals surface area contributed by atoms with Crippen LogP contribution in [0.15, 0.2) is 17.5 Å². The van der Waals surface area contributed by atoms with Crippen LogP contribution in [0, 0.1) is 0 Å². The average molecular weight is 285 g/mol. The Morgan fingerprint density at radius 2 is 2.28 bits per heavy atom. The summed E-state index contributed by atoms with van der Waals surface area (Å²) in [5, 5.41) is 10.5. The first-order valence-electron chi connectivity index (χ1n) is 5.24. The number of thioether (sulfide) groups is 1. The van der Waals surface area contributed by atoms with Gasteiger partial charge in [0.15, 0.2) is 0 Å². The van der Waals surface area contributed by atoms with Crippen LogP contribution in [0.1, 0.15) is 10.4 Å². The largest absolute Gasteiger partial charge is 0.478 e. The highest BCUT2D eigenvalue weighted by atomic mass is 32.2. The van der Waals surface area contributed by atoms with Crippen molar-refractivity contribution in [3.05, 3.63) is 28.0 Å². The highest BCUT2D eigenvalue weighted by Gasteiger charge is 2.09. The first-order chi connectivity index (χ1) is 8.52. The summed E-state index contributed by atoms with van der Waals surface area (Å²) in [4.78, 5) is 24.5. The van der Waals surface area contributed by atoms with Gasteiger partial charge in [-0.1, -0.05) is 0 Å². The molecule has 1 heterocycles. The van der Waals surface area contributed by atoms with Crippen molar-refractivity contribution in [3.8, 4) is 0 Å². The second-order valence-corrected chi connectivity index (χ2v) is 5.52. The molecule has 1 N–H and O–H groups in total. The monoisotopic (exact) mass is 285 g/mol. The van der Waals surface area contributed by atoms with Crippen LogP contribution in [-0.4, -0.2) is 40.9 Å². The van der Waals surface area contributed by atoms with Crippen LogP contribution in [-0.2, 0) is 16.1 Å². The molecule has 0 fully saturated rings. The summed E-state index contributed by atoms with van der Waals surface area (Å²) >= 11 is 2.97. The molecule has 98 valence electrons. The molecule has 0 bridgehead atoms. The number of carboxylic acid groups (broad SMARTS) is 1. The van der Waals surface area contributed by atoms with E-state index in [1.54, 1.807) is 18.0 Å². The number of carbonyl (C=O) groups is 2. The van der Waals surface area contributed by atoms with E-state index in [1.807, 2.05) is 17.7 Å². The lowest BCUT2D eigenvalue weighted by atomic mass is 10.3. The van der Waals surface area contributed by atoms with E-state index in [-0.39, 0.29) is 5.91 Å². The topological polar surface area (TPSA) is 57.6 Å². The molecule has 0 saturated carbocycles. The average Bonchev–Trinajstić information content (AvgIpc) is 2.74. The number of aliphatic carboxylic acids is 1. The third-order valence-corrected chi connectivity index (χ3v) is 3.66. The fourth-order valence-corrected chi connectivity index (χ4v) is 2.58. The Morgan fingerprint density at radius 1 is 1.56 bits per heavy atom. The van der Waals surface area contributed by atoms with Gasteiger partial charge in [0.2, 0.25) is 5.91 Å². The van der Waals surface area contributed by atoms with Crippen molar-refractivity contribution in [2.24, 2.45) is 0 Å². The maximum Gasteiger partial charge on any atom is 0.328 e. The Balaban J connectivity index is 2.58. The van der Waals surface area contributed by atoms with Crippen molar-refractivity contribution in [3.63, 3.8) is 0 Å². The minimum Gasteiger partial charge on any atom is -0.478 e. The number of nitrogens with zero attached hydrogens (tertiary/aromatic N) is 1. The Hall–Kier alpha value is -1.27. The summed E-state index contributed by atoms with van der Waals surface area (Å²) in [6.07, 6.45) is 4.56. The molecular formula is C12H15NO3S2. The van der Waals surface area contributed by atoms with Crippen LogP contribution in [0.25, 0.3) is 6.08 Å². The fourth-order valence-electron chi connectivity index (χ4n) is 1.31. The van der Waals surface area contributed by atoms with E-state index in [1.165, 1.54) is 23.1 Å². The van der Waals surface area contributed by atoms with Gasteiger partial charge in [0, 0.05) is 24.5 Å². The third-order valence-electron chi connectivity index (χ3n) is 2.18. The van der Waals surface area contributed by atoms with Crippen LogP contribution in [0.3, 0.4) is 0 Å². The molecule has 0 saturated heterocycles. The predicted octanol–water partition coefficient (Wildman–Crippen LogP) is 2.17. The van der Waals surface area contributed by atoms with Crippen molar-refractivity contribution >= 4 is 41.1 Å². The first kappa shape index (κ1) is 14.8. The normalized spacial score (nSPS) is 10.8. The van der Waals surface area contributed by atoms with E-state index in [9.17, 15) is 9.59 Å². The van der Waals surface area contributed by atoms with Crippen molar-refractivity contribution < 1.29 is 14.7 Å². The molecular weight excluding hydrogens is 270 g/mol. The quantitative estimate of drug-likeness (QED) is 0.814. The minimum absolute atomic E-state index is 0.0938. The van der Waals surface area contributed by atoms with Crippen molar-refractivity contribution in [2.75, 3.05) is 19.1 Å². The van der Waals surface area contributed by atoms with E-state index in [0.29, 0.717) is 12.3 Å². The molecule has 1 aromatic rings. The molecule has 18 heavy (non-hydrogen) atoms. The lowest BCUT2D eigenvalue weighted by Gasteiger charge is -2.15. The summed E-state index contributed by atoms with van der Waals surface area (Å²) in [5.41, 5.74) is 1.02. The van der Waals surface area contributed by atoms with Crippen molar-refractivity contribution in [1.29, 1.82) is 0 Å². The number of carbonyl (C=O) groups excluding carboxylic acids is 1.